The second kappa shape index (κ2) is 6.20. The molecule has 0 fully saturated rings. The first kappa shape index (κ1) is 17.3. The van der Waals surface area contributed by atoms with E-state index < -0.39 is 22.7 Å². The number of phenolic OH excluding ortho intramolecular Hbond substituents is 4. The van der Waals surface area contributed by atoms with Crippen LogP contribution in [-0.2, 0) is 0 Å². The third kappa shape index (κ3) is 2.91. The van der Waals surface area contributed by atoms with Gasteiger partial charge in [-0.15, -0.1) is 0 Å². The number of benzene rings is 2. The minimum Gasteiger partial charge on any atom is -0.508 e. The number of fused-ring (bicyclic) bond motifs is 1. The fourth-order valence-electron chi connectivity index (χ4n) is 2.14. The zero-order valence-corrected chi connectivity index (χ0v) is 13.3. The van der Waals surface area contributed by atoms with Gasteiger partial charge >= 0.3 is 0 Å². The van der Waals surface area contributed by atoms with Gasteiger partial charge < -0.3 is 29.9 Å². The third-order valence-electron chi connectivity index (χ3n) is 3.17. The Kier molecular flexibility index (Phi) is 4.66. The molecular formula is C15H10DyO7. The first-order valence-electron chi connectivity index (χ1n) is 6.12. The van der Waals surface area contributed by atoms with Crippen LogP contribution in [0, 0.1) is 38.2 Å². The summed E-state index contributed by atoms with van der Waals surface area (Å²) < 4.78 is 5.35. The van der Waals surface area contributed by atoms with Crippen molar-refractivity contribution in [3.63, 3.8) is 0 Å². The fraction of sp³-hybridized carbons (Fsp3) is 0. The van der Waals surface area contributed by atoms with Crippen molar-refractivity contribution in [2.24, 2.45) is 0 Å². The van der Waals surface area contributed by atoms with Gasteiger partial charge in [0.15, 0.2) is 17.3 Å². The molecule has 0 spiro atoms. The van der Waals surface area contributed by atoms with E-state index in [-0.39, 0.29) is 72.0 Å². The van der Waals surface area contributed by atoms with E-state index in [1.165, 1.54) is 6.07 Å². The van der Waals surface area contributed by atoms with Gasteiger partial charge in [0.2, 0.25) is 11.2 Å². The van der Waals surface area contributed by atoms with Crippen LogP contribution in [0.2, 0.25) is 0 Å². The molecule has 0 radical (unpaired) electrons. The molecule has 1 heterocycles. The van der Waals surface area contributed by atoms with Crippen LogP contribution in [0.15, 0.2) is 39.5 Å². The molecule has 1 aromatic heterocycles. The van der Waals surface area contributed by atoms with Crippen molar-refractivity contribution in [2.75, 3.05) is 0 Å². The normalized spacial score (nSPS) is 10.4. The van der Waals surface area contributed by atoms with E-state index >= 15 is 0 Å². The number of hydrogen-bond acceptors (Lipinski definition) is 7. The third-order valence-corrected chi connectivity index (χ3v) is 3.17. The minimum atomic E-state index is -0.888. The topological polar surface area (TPSA) is 131 Å². The second-order valence-electron chi connectivity index (χ2n) is 4.65. The van der Waals surface area contributed by atoms with Crippen LogP contribution in [0.3, 0.4) is 0 Å². The van der Waals surface area contributed by atoms with Crippen molar-refractivity contribution in [1.29, 1.82) is 0 Å². The predicted octanol–water partition coefficient (Wildman–Crippen LogP) is 1.99. The van der Waals surface area contributed by atoms with Gasteiger partial charge in [0, 0.05) is 55.9 Å². The molecule has 122 valence electrons. The Hall–Kier alpha value is -2.08. The van der Waals surface area contributed by atoms with Gasteiger partial charge in [-0.3, -0.25) is 4.79 Å². The Bertz CT molecular complexity index is 962. The molecule has 0 saturated carbocycles. The second-order valence-corrected chi connectivity index (χ2v) is 4.65. The molecule has 3 rings (SSSR count). The van der Waals surface area contributed by atoms with E-state index in [2.05, 4.69) is 0 Å². The molecule has 0 saturated heterocycles. The van der Waals surface area contributed by atoms with Crippen molar-refractivity contribution in [1.82, 2.24) is 0 Å². The predicted molar refractivity (Wildman–Crippen MR) is 76.2 cm³/mol. The summed E-state index contributed by atoms with van der Waals surface area (Å²) in [4.78, 5) is 12.1. The zero-order valence-electron chi connectivity index (χ0n) is 11.3. The van der Waals surface area contributed by atoms with Crippen molar-refractivity contribution >= 4 is 11.0 Å². The van der Waals surface area contributed by atoms with Gasteiger partial charge in [-0.2, -0.15) is 0 Å². The van der Waals surface area contributed by atoms with Crippen LogP contribution in [0.25, 0.3) is 22.3 Å². The van der Waals surface area contributed by atoms with Gasteiger partial charge in [0.05, 0.1) is 0 Å². The maximum absolute atomic E-state index is 12.1. The maximum atomic E-state index is 12.1. The summed E-state index contributed by atoms with van der Waals surface area (Å²) in [6.45, 7) is 0. The van der Waals surface area contributed by atoms with Crippen LogP contribution in [0.4, 0.5) is 0 Å². The molecule has 5 N–H and O–H groups in total. The Morgan fingerprint density at radius 1 is 0.826 bits per heavy atom. The molecule has 23 heavy (non-hydrogen) atoms. The summed E-state index contributed by atoms with van der Waals surface area (Å²) in [5.41, 5.74) is -0.890. The molecule has 2 aromatic carbocycles. The van der Waals surface area contributed by atoms with Gasteiger partial charge in [-0.25, -0.2) is 0 Å². The molecule has 0 bridgehead atoms. The van der Waals surface area contributed by atoms with Crippen molar-refractivity contribution in [2.45, 2.75) is 0 Å². The summed E-state index contributed by atoms with van der Waals surface area (Å²) in [6.07, 6.45) is 0. The van der Waals surface area contributed by atoms with E-state index in [9.17, 15) is 30.3 Å². The molecule has 0 aliphatic carbocycles. The molecule has 0 unspecified atom stereocenters. The summed E-state index contributed by atoms with van der Waals surface area (Å²) in [5.74, 6) is -2.71. The number of phenols is 4. The van der Waals surface area contributed by atoms with Crippen LogP contribution in [0.1, 0.15) is 0 Å². The van der Waals surface area contributed by atoms with E-state index in [4.69, 9.17) is 4.42 Å². The average Bonchev–Trinajstić information content (AvgIpc) is 2.45. The van der Waals surface area contributed by atoms with Gasteiger partial charge in [-0.1, -0.05) is 0 Å². The molecule has 0 amide bonds. The Morgan fingerprint density at radius 2 is 1.52 bits per heavy atom. The van der Waals surface area contributed by atoms with Gasteiger partial charge in [-0.05, 0) is 18.2 Å². The Labute approximate surface area is 159 Å². The number of aromatic hydroxyl groups is 5. The van der Waals surface area contributed by atoms with Crippen LogP contribution >= 0.6 is 0 Å². The van der Waals surface area contributed by atoms with Crippen LogP contribution in [-0.4, -0.2) is 25.5 Å². The van der Waals surface area contributed by atoms with Crippen molar-refractivity contribution < 1.29 is 68.1 Å². The fourth-order valence-corrected chi connectivity index (χ4v) is 2.14. The van der Waals surface area contributed by atoms with E-state index in [0.29, 0.717) is 0 Å². The van der Waals surface area contributed by atoms with Crippen molar-refractivity contribution in [3.8, 4) is 40.1 Å². The monoisotopic (exact) mass is 466 g/mol. The Morgan fingerprint density at radius 3 is 2.17 bits per heavy atom. The van der Waals surface area contributed by atoms with Gasteiger partial charge in [0.1, 0.15) is 22.5 Å². The molecule has 0 aliphatic rings. The minimum absolute atomic E-state index is 0. The molecule has 0 aliphatic heterocycles. The SMILES string of the molecule is O=c1c(O)c(-c2ccc(O)c(O)c2)oc2cc(O)cc(O)c12.[Dy]. The zero-order chi connectivity index (χ0) is 16.0. The Balaban J connectivity index is 0.00000192. The molecule has 7 nitrogen and oxygen atoms in total. The summed E-state index contributed by atoms with van der Waals surface area (Å²) in [5, 5.41) is 47.6. The van der Waals surface area contributed by atoms with Crippen LogP contribution < -0.4 is 5.43 Å². The standard InChI is InChI=1S/C15H10O7.Dy/c16-7-4-10(19)12-11(5-7)22-15(14(21)13(12)20)6-1-2-8(17)9(18)3-6;/h1-5,16-19,21H;. The van der Waals surface area contributed by atoms with E-state index in [0.717, 1.165) is 24.3 Å². The quantitative estimate of drug-likeness (QED) is 0.348. The summed E-state index contributed by atoms with van der Waals surface area (Å²) in [7, 11) is 0. The first-order chi connectivity index (χ1) is 10.4. The van der Waals surface area contributed by atoms with Gasteiger partial charge in [0.25, 0.3) is 0 Å². The van der Waals surface area contributed by atoms with E-state index in [1.54, 1.807) is 0 Å². The van der Waals surface area contributed by atoms with Crippen molar-refractivity contribution in [3.05, 3.63) is 40.6 Å². The number of hydrogen-bond donors (Lipinski definition) is 5. The van der Waals surface area contributed by atoms with E-state index in [1.807, 2.05) is 0 Å². The molecule has 3 aromatic rings. The summed E-state index contributed by atoms with van der Waals surface area (Å²) >= 11 is 0. The smallest absolute Gasteiger partial charge is 0.238 e. The maximum Gasteiger partial charge on any atom is 0.238 e. The number of rotatable bonds is 1. The molecular weight excluding hydrogens is 455 g/mol. The first-order valence-corrected chi connectivity index (χ1v) is 6.12. The van der Waals surface area contributed by atoms with Crippen LogP contribution in [0.5, 0.6) is 28.7 Å². The average molecular weight is 465 g/mol. The molecule has 8 heteroatoms. The summed E-state index contributed by atoms with van der Waals surface area (Å²) in [6, 6.07) is 5.64. The largest absolute Gasteiger partial charge is 0.508 e. The molecule has 0 atom stereocenters.